The molecule has 0 heterocycles. The highest BCUT2D eigenvalue weighted by molar-refractivity contribution is 5.76. The summed E-state index contributed by atoms with van der Waals surface area (Å²) in [4.78, 5) is 11.5. The fraction of sp³-hybridized carbons (Fsp3) is 0.462. The van der Waals surface area contributed by atoms with E-state index in [1.54, 1.807) is 7.11 Å². The maximum atomic E-state index is 11.5. The van der Waals surface area contributed by atoms with Crippen LogP contribution in [0.25, 0.3) is 0 Å². The van der Waals surface area contributed by atoms with Gasteiger partial charge in [0.25, 0.3) is 0 Å². The van der Waals surface area contributed by atoms with Gasteiger partial charge < -0.3 is 10.1 Å². The minimum Gasteiger partial charge on any atom is -0.497 e. The maximum Gasteiger partial charge on any atom is 0.220 e. The molecule has 2 rings (SSSR count). The first kappa shape index (κ1) is 11.0. The van der Waals surface area contributed by atoms with E-state index in [9.17, 15) is 4.79 Å². The Morgan fingerprint density at radius 2 is 2.31 bits per heavy atom. The van der Waals surface area contributed by atoms with E-state index in [0.717, 1.165) is 11.3 Å². The molecule has 0 saturated heterocycles. The van der Waals surface area contributed by atoms with Gasteiger partial charge in [0.15, 0.2) is 0 Å². The Morgan fingerprint density at radius 3 is 3.00 bits per heavy atom. The molecule has 0 atom stereocenters. The normalized spacial score (nSPS) is 14.6. The van der Waals surface area contributed by atoms with Crippen molar-refractivity contribution in [1.29, 1.82) is 0 Å². The fourth-order valence-electron chi connectivity index (χ4n) is 1.64. The predicted molar refractivity (Wildman–Crippen MR) is 62.2 cm³/mol. The second-order valence-electron chi connectivity index (χ2n) is 4.28. The number of benzene rings is 1. The lowest BCUT2D eigenvalue weighted by atomic mass is 10.2. The molecule has 3 heteroatoms. The third-order valence-corrected chi connectivity index (χ3v) is 2.79. The van der Waals surface area contributed by atoms with Crippen LogP contribution in [0.4, 0.5) is 0 Å². The van der Waals surface area contributed by atoms with E-state index < -0.39 is 0 Å². The summed E-state index contributed by atoms with van der Waals surface area (Å²) >= 11 is 0. The van der Waals surface area contributed by atoms with Crippen molar-refractivity contribution in [2.45, 2.75) is 25.8 Å². The van der Waals surface area contributed by atoms with Crippen LogP contribution in [0.5, 0.6) is 5.75 Å². The summed E-state index contributed by atoms with van der Waals surface area (Å²) in [5.41, 5.74) is 1.07. The molecule has 0 aliphatic heterocycles. The molecule has 1 saturated carbocycles. The highest BCUT2D eigenvalue weighted by Crippen LogP contribution is 2.32. The monoisotopic (exact) mass is 219 g/mol. The zero-order chi connectivity index (χ0) is 11.4. The highest BCUT2D eigenvalue weighted by Gasteiger charge is 2.23. The van der Waals surface area contributed by atoms with Crippen molar-refractivity contribution >= 4 is 5.91 Å². The van der Waals surface area contributed by atoms with Crippen LogP contribution in [-0.2, 0) is 11.3 Å². The molecule has 0 bridgehead atoms. The smallest absolute Gasteiger partial charge is 0.220 e. The van der Waals surface area contributed by atoms with Gasteiger partial charge in [-0.3, -0.25) is 4.79 Å². The Kier molecular flexibility index (Phi) is 3.44. The standard InChI is InChI=1S/C13H17NO2/c1-16-12-4-2-3-11(7-12)9-14-13(15)8-10-5-6-10/h2-4,7,10H,5-6,8-9H2,1H3,(H,14,15). The predicted octanol–water partition coefficient (Wildman–Crippen LogP) is 2.11. The van der Waals surface area contributed by atoms with Crippen LogP contribution in [0.3, 0.4) is 0 Å². The zero-order valence-corrected chi connectivity index (χ0v) is 9.53. The van der Waals surface area contributed by atoms with Crippen molar-refractivity contribution in [3.63, 3.8) is 0 Å². The SMILES string of the molecule is COc1cccc(CNC(=O)CC2CC2)c1. The van der Waals surface area contributed by atoms with Gasteiger partial charge in [-0.1, -0.05) is 12.1 Å². The summed E-state index contributed by atoms with van der Waals surface area (Å²) in [6.07, 6.45) is 3.11. The van der Waals surface area contributed by atoms with Crippen LogP contribution in [0.1, 0.15) is 24.8 Å². The van der Waals surface area contributed by atoms with E-state index in [1.165, 1.54) is 12.8 Å². The van der Waals surface area contributed by atoms with Gasteiger partial charge in [0.2, 0.25) is 5.91 Å². The van der Waals surface area contributed by atoms with Crippen LogP contribution in [0.2, 0.25) is 0 Å². The molecule has 1 N–H and O–H groups in total. The van der Waals surface area contributed by atoms with Crippen LogP contribution < -0.4 is 10.1 Å². The van der Waals surface area contributed by atoms with Gasteiger partial charge in [-0.05, 0) is 36.5 Å². The topological polar surface area (TPSA) is 38.3 Å². The van der Waals surface area contributed by atoms with Crippen molar-refractivity contribution < 1.29 is 9.53 Å². The van der Waals surface area contributed by atoms with Crippen molar-refractivity contribution in [3.05, 3.63) is 29.8 Å². The van der Waals surface area contributed by atoms with E-state index in [2.05, 4.69) is 5.32 Å². The third kappa shape index (κ3) is 3.26. The molecule has 1 aromatic rings. The molecule has 0 aromatic heterocycles. The van der Waals surface area contributed by atoms with E-state index in [0.29, 0.717) is 18.9 Å². The molecule has 1 amide bonds. The molecule has 86 valence electrons. The lowest BCUT2D eigenvalue weighted by Crippen LogP contribution is -2.22. The second-order valence-corrected chi connectivity index (χ2v) is 4.28. The summed E-state index contributed by atoms with van der Waals surface area (Å²) in [5, 5.41) is 2.93. The molecule has 1 aliphatic rings. The Labute approximate surface area is 95.8 Å². The first-order chi connectivity index (χ1) is 7.78. The number of carbonyl (C=O) groups excluding carboxylic acids is 1. The Morgan fingerprint density at radius 1 is 1.50 bits per heavy atom. The molecular weight excluding hydrogens is 202 g/mol. The third-order valence-electron chi connectivity index (χ3n) is 2.79. The van der Waals surface area contributed by atoms with E-state index in [1.807, 2.05) is 24.3 Å². The first-order valence-electron chi connectivity index (χ1n) is 5.67. The minimum absolute atomic E-state index is 0.158. The lowest BCUT2D eigenvalue weighted by molar-refractivity contribution is -0.121. The number of hydrogen-bond donors (Lipinski definition) is 1. The van der Waals surface area contributed by atoms with Gasteiger partial charge in [0, 0.05) is 13.0 Å². The average molecular weight is 219 g/mol. The first-order valence-corrected chi connectivity index (χ1v) is 5.67. The molecule has 1 aromatic carbocycles. The Hall–Kier alpha value is -1.51. The molecular formula is C13H17NO2. The van der Waals surface area contributed by atoms with Crippen LogP contribution >= 0.6 is 0 Å². The summed E-state index contributed by atoms with van der Waals surface area (Å²) in [6.45, 7) is 0.586. The van der Waals surface area contributed by atoms with Crippen molar-refractivity contribution in [1.82, 2.24) is 5.32 Å². The molecule has 1 aliphatic carbocycles. The minimum atomic E-state index is 0.158. The Balaban J connectivity index is 1.80. The number of rotatable bonds is 5. The molecule has 16 heavy (non-hydrogen) atoms. The molecule has 3 nitrogen and oxygen atoms in total. The number of nitrogens with one attached hydrogen (secondary N) is 1. The summed E-state index contributed by atoms with van der Waals surface area (Å²) in [7, 11) is 1.64. The van der Waals surface area contributed by atoms with Gasteiger partial charge in [-0.15, -0.1) is 0 Å². The molecule has 1 fully saturated rings. The Bertz CT molecular complexity index is 372. The summed E-state index contributed by atoms with van der Waals surface area (Å²) < 4.78 is 5.12. The van der Waals surface area contributed by atoms with E-state index in [-0.39, 0.29) is 5.91 Å². The van der Waals surface area contributed by atoms with E-state index >= 15 is 0 Å². The molecule has 0 unspecified atom stereocenters. The van der Waals surface area contributed by atoms with Crippen molar-refractivity contribution in [3.8, 4) is 5.75 Å². The molecule has 0 spiro atoms. The average Bonchev–Trinajstić information content (AvgIpc) is 3.10. The van der Waals surface area contributed by atoms with Gasteiger partial charge in [-0.25, -0.2) is 0 Å². The largest absolute Gasteiger partial charge is 0.497 e. The lowest BCUT2D eigenvalue weighted by Gasteiger charge is -2.06. The maximum absolute atomic E-state index is 11.5. The van der Waals surface area contributed by atoms with Crippen molar-refractivity contribution in [2.75, 3.05) is 7.11 Å². The van der Waals surface area contributed by atoms with Gasteiger partial charge in [0.05, 0.1) is 7.11 Å². The van der Waals surface area contributed by atoms with Gasteiger partial charge in [0.1, 0.15) is 5.75 Å². The van der Waals surface area contributed by atoms with E-state index in [4.69, 9.17) is 4.74 Å². The number of amides is 1. The van der Waals surface area contributed by atoms with Crippen LogP contribution in [-0.4, -0.2) is 13.0 Å². The van der Waals surface area contributed by atoms with Crippen molar-refractivity contribution in [2.24, 2.45) is 5.92 Å². The number of hydrogen-bond acceptors (Lipinski definition) is 2. The summed E-state index contributed by atoms with van der Waals surface area (Å²) in [6, 6.07) is 7.76. The van der Waals surface area contributed by atoms with Gasteiger partial charge in [-0.2, -0.15) is 0 Å². The number of carbonyl (C=O) groups is 1. The number of ether oxygens (including phenoxy) is 1. The van der Waals surface area contributed by atoms with Crippen LogP contribution in [0, 0.1) is 5.92 Å². The van der Waals surface area contributed by atoms with Gasteiger partial charge >= 0.3 is 0 Å². The quantitative estimate of drug-likeness (QED) is 0.823. The zero-order valence-electron chi connectivity index (χ0n) is 9.53. The highest BCUT2D eigenvalue weighted by atomic mass is 16.5. The number of methoxy groups -OCH3 is 1. The van der Waals surface area contributed by atoms with Crippen LogP contribution in [0.15, 0.2) is 24.3 Å². The summed E-state index contributed by atoms with van der Waals surface area (Å²) in [5.74, 6) is 1.63. The second kappa shape index (κ2) is 5.01. The fourth-order valence-corrected chi connectivity index (χ4v) is 1.64. The molecule has 0 radical (unpaired) electrons.